The Morgan fingerprint density at radius 1 is 0.688 bits per heavy atom. The predicted molar refractivity (Wildman–Crippen MR) is 105 cm³/mol. The lowest BCUT2D eigenvalue weighted by atomic mass is 10.1. The van der Waals surface area contributed by atoms with Crippen LogP contribution in [-0.4, -0.2) is 82.4 Å². The summed E-state index contributed by atoms with van der Waals surface area (Å²) < 4.78 is 0. The number of carbonyl (C=O) groups is 7. The van der Waals surface area contributed by atoms with E-state index in [0.717, 1.165) is 0 Å². The highest BCUT2D eigenvalue weighted by Gasteiger charge is 2.31. The number of nitrogens with two attached hydrogens (primary N) is 4. The Bertz CT molecular complexity index is 758. The first-order valence-corrected chi connectivity index (χ1v) is 9.13. The molecule has 0 aliphatic heterocycles. The molecule has 6 amide bonds. The number of carbonyl (C=O) groups excluding carboxylic acids is 6. The van der Waals surface area contributed by atoms with Gasteiger partial charge in [0.25, 0.3) is 0 Å². The summed E-state index contributed by atoms with van der Waals surface area (Å²) in [6.45, 7) is -0.940. The third kappa shape index (κ3) is 10.8. The van der Waals surface area contributed by atoms with Gasteiger partial charge in [0.1, 0.15) is 18.1 Å². The van der Waals surface area contributed by atoms with Crippen molar-refractivity contribution in [3.8, 4) is 0 Å². The van der Waals surface area contributed by atoms with Gasteiger partial charge in [-0.15, -0.1) is 0 Å². The Hall–Kier alpha value is -3.79. The second kappa shape index (κ2) is 13.5. The number of aliphatic hydroxyl groups excluding tert-OH is 1. The Morgan fingerprint density at radius 3 is 1.56 bits per heavy atom. The molecular weight excluding hydrogens is 434 g/mol. The lowest BCUT2D eigenvalue weighted by molar-refractivity contribution is -0.144. The van der Waals surface area contributed by atoms with Gasteiger partial charge in [0, 0.05) is 6.42 Å². The van der Waals surface area contributed by atoms with Crippen LogP contribution in [0.1, 0.15) is 25.7 Å². The van der Waals surface area contributed by atoms with Crippen LogP contribution in [0.25, 0.3) is 0 Å². The van der Waals surface area contributed by atoms with Gasteiger partial charge in [-0.2, -0.15) is 0 Å². The van der Waals surface area contributed by atoms with Gasteiger partial charge in [-0.1, -0.05) is 0 Å². The summed E-state index contributed by atoms with van der Waals surface area (Å²) in [6.07, 6.45) is -1.88. The molecule has 0 rings (SSSR count). The maximum absolute atomic E-state index is 12.4. The smallest absolute Gasteiger partial charge is 0.326 e. The minimum Gasteiger partial charge on any atom is -0.480 e. The van der Waals surface area contributed by atoms with Crippen LogP contribution in [0.3, 0.4) is 0 Å². The second-order valence-corrected chi connectivity index (χ2v) is 6.66. The summed E-state index contributed by atoms with van der Waals surface area (Å²) in [5.41, 5.74) is 20.4. The summed E-state index contributed by atoms with van der Waals surface area (Å²) in [7, 11) is 0. The van der Waals surface area contributed by atoms with Gasteiger partial charge in [0.15, 0.2) is 0 Å². The highest BCUT2D eigenvalue weighted by atomic mass is 16.4. The van der Waals surface area contributed by atoms with Crippen LogP contribution in [0.5, 0.6) is 0 Å². The Balaban J connectivity index is 5.27. The molecule has 0 aromatic heterocycles. The molecule has 0 spiro atoms. The van der Waals surface area contributed by atoms with E-state index < -0.39 is 85.0 Å². The van der Waals surface area contributed by atoms with Crippen LogP contribution in [-0.2, 0) is 33.6 Å². The molecule has 0 radical (unpaired) electrons. The summed E-state index contributed by atoms with van der Waals surface area (Å²) in [6, 6.07) is -6.31. The minimum absolute atomic E-state index is 0.135. The Labute approximate surface area is 181 Å². The highest BCUT2D eigenvalue weighted by molar-refractivity contribution is 5.96. The highest BCUT2D eigenvalue weighted by Crippen LogP contribution is 2.00. The molecule has 0 aliphatic carbocycles. The average Bonchev–Trinajstić information content (AvgIpc) is 2.67. The quantitative estimate of drug-likeness (QED) is 0.111. The molecule has 16 heteroatoms. The van der Waals surface area contributed by atoms with Crippen molar-refractivity contribution in [2.45, 2.75) is 49.9 Å². The summed E-state index contributed by atoms with van der Waals surface area (Å²) in [4.78, 5) is 80.8. The van der Waals surface area contributed by atoms with Gasteiger partial charge in [-0.05, 0) is 6.42 Å². The molecule has 32 heavy (non-hydrogen) atoms. The zero-order valence-electron chi connectivity index (χ0n) is 16.9. The average molecular weight is 461 g/mol. The number of carboxylic acid groups (broad SMARTS) is 1. The second-order valence-electron chi connectivity index (χ2n) is 6.66. The maximum Gasteiger partial charge on any atom is 0.326 e. The molecule has 180 valence electrons. The lowest BCUT2D eigenvalue weighted by Crippen LogP contribution is -2.58. The van der Waals surface area contributed by atoms with Gasteiger partial charge in [-0.25, -0.2) is 4.79 Å². The zero-order chi connectivity index (χ0) is 25.0. The van der Waals surface area contributed by atoms with E-state index in [1.54, 1.807) is 0 Å². The molecule has 0 saturated carbocycles. The van der Waals surface area contributed by atoms with Gasteiger partial charge in [-0.3, -0.25) is 28.8 Å². The fraction of sp³-hybridized carbons (Fsp3) is 0.562. The summed E-state index contributed by atoms with van der Waals surface area (Å²) in [5.74, 6) is -7.64. The fourth-order valence-corrected chi connectivity index (χ4v) is 2.26. The number of primary amides is 3. The van der Waals surface area contributed by atoms with Crippen LogP contribution in [0.15, 0.2) is 0 Å². The minimum atomic E-state index is -1.75. The number of rotatable bonds is 15. The first kappa shape index (κ1) is 28.2. The largest absolute Gasteiger partial charge is 0.480 e. The third-order valence-corrected chi connectivity index (χ3v) is 3.91. The molecule has 16 nitrogen and oxygen atoms in total. The number of nitrogens with one attached hydrogen (secondary N) is 3. The maximum atomic E-state index is 12.4. The van der Waals surface area contributed by atoms with E-state index in [1.807, 2.05) is 10.6 Å². The number of aliphatic carboxylic acids is 1. The molecule has 4 unspecified atom stereocenters. The first-order chi connectivity index (χ1) is 14.8. The molecule has 0 heterocycles. The number of hydrogen-bond donors (Lipinski definition) is 9. The van der Waals surface area contributed by atoms with Crippen LogP contribution < -0.4 is 38.9 Å². The van der Waals surface area contributed by atoms with E-state index in [4.69, 9.17) is 28.0 Å². The molecular formula is C16H27N7O9. The predicted octanol–water partition coefficient (Wildman–Crippen LogP) is -6.14. The fourth-order valence-electron chi connectivity index (χ4n) is 2.26. The van der Waals surface area contributed by atoms with Crippen molar-refractivity contribution in [1.29, 1.82) is 0 Å². The van der Waals surface area contributed by atoms with Crippen LogP contribution in [0, 0.1) is 0 Å². The topological polar surface area (TPSA) is 300 Å². The van der Waals surface area contributed by atoms with Crippen molar-refractivity contribution >= 4 is 41.4 Å². The van der Waals surface area contributed by atoms with Crippen molar-refractivity contribution in [3.05, 3.63) is 0 Å². The number of carboxylic acids is 1. The van der Waals surface area contributed by atoms with Gasteiger partial charge in [0.2, 0.25) is 35.4 Å². The van der Waals surface area contributed by atoms with E-state index in [2.05, 4.69) is 5.32 Å². The molecule has 0 aromatic rings. The van der Waals surface area contributed by atoms with Crippen molar-refractivity contribution in [1.82, 2.24) is 16.0 Å². The van der Waals surface area contributed by atoms with E-state index >= 15 is 0 Å². The molecule has 4 atom stereocenters. The zero-order valence-corrected chi connectivity index (χ0v) is 16.9. The SMILES string of the molecule is NC(=O)CCC(N)C(=O)NC(CO)C(=O)NC(CC(N)=O)C(=O)NC(CC(N)=O)C(=O)O. The van der Waals surface area contributed by atoms with E-state index in [9.17, 15) is 38.7 Å². The lowest BCUT2D eigenvalue weighted by Gasteiger charge is -2.23. The standard InChI is InChI=1S/C16H27N7O9/c17-6(1-2-10(18)25)13(28)23-9(5-24)15(30)21-7(3-11(19)26)14(29)22-8(16(31)32)4-12(20)27/h6-9,24H,1-5,17H2,(H2,18,25)(H2,19,26)(H2,20,27)(H,21,30)(H,22,29)(H,23,28)(H,31,32). The van der Waals surface area contributed by atoms with Crippen molar-refractivity contribution in [3.63, 3.8) is 0 Å². The monoisotopic (exact) mass is 461 g/mol. The van der Waals surface area contributed by atoms with Crippen LogP contribution in [0.2, 0.25) is 0 Å². The van der Waals surface area contributed by atoms with E-state index in [1.165, 1.54) is 0 Å². The Morgan fingerprint density at radius 2 is 1.12 bits per heavy atom. The molecule has 0 bridgehead atoms. The Kier molecular flexibility index (Phi) is 11.9. The van der Waals surface area contributed by atoms with E-state index in [-0.39, 0.29) is 12.8 Å². The first-order valence-electron chi connectivity index (χ1n) is 9.13. The molecule has 13 N–H and O–H groups in total. The van der Waals surface area contributed by atoms with Crippen molar-refractivity contribution in [2.75, 3.05) is 6.61 Å². The third-order valence-electron chi connectivity index (χ3n) is 3.91. The molecule has 0 aromatic carbocycles. The summed E-state index contributed by atoms with van der Waals surface area (Å²) >= 11 is 0. The molecule has 0 fully saturated rings. The van der Waals surface area contributed by atoms with Gasteiger partial charge < -0.3 is 49.1 Å². The van der Waals surface area contributed by atoms with Crippen molar-refractivity contribution in [2.24, 2.45) is 22.9 Å². The van der Waals surface area contributed by atoms with Gasteiger partial charge >= 0.3 is 5.97 Å². The van der Waals surface area contributed by atoms with E-state index in [0.29, 0.717) is 0 Å². The van der Waals surface area contributed by atoms with Crippen LogP contribution in [0.4, 0.5) is 0 Å². The summed E-state index contributed by atoms with van der Waals surface area (Å²) in [5, 5.41) is 24.5. The number of hydrogen-bond acceptors (Lipinski definition) is 9. The normalized spacial score (nSPS) is 14.2. The molecule has 0 aliphatic rings. The number of aliphatic hydroxyl groups is 1. The van der Waals surface area contributed by atoms with Gasteiger partial charge in [0.05, 0.1) is 25.5 Å². The number of amides is 6. The molecule has 0 saturated heterocycles. The van der Waals surface area contributed by atoms with Crippen molar-refractivity contribution < 1.29 is 43.8 Å². The van der Waals surface area contributed by atoms with Crippen LogP contribution >= 0.6 is 0 Å².